The quantitative estimate of drug-likeness (QED) is 0.500. The minimum atomic E-state index is -0.0237. The summed E-state index contributed by atoms with van der Waals surface area (Å²) in [6, 6.07) is 17.1. The number of ether oxygens (including phenoxy) is 1. The van der Waals surface area contributed by atoms with Crippen LogP contribution >= 0.6 is 11.8 Å². The standard InChI is InChI=1S/C21H19N3O2S/c22-12-15-5-3-6-16(11-15)14-27-21-23-19-9-2-1-8-18(19)20(25)24(21)13-17-7-4-10-26-17/h1-3,5-6,8-9,11,17H,4,7,10,13-14H2/t17-/m1/s1. The molecule has 0 unspecified atom stereocenters. The van der Waals surface area contributed by atoms with Gasteiger partial charge in [0.2, 0.25) is 0 Å². The lowest BCUT2D eigenvalue weighted by Gasteiger charge is -2.16. The molecule has 2 heterocycles. The number of rotatable bonds is 5. The van der Waals surface area contributed by atoms with Crippen LogP contribution in [0, 0.1) is 11.3 Å². The highest BCUT2D eigenvalue weighted by atomic mass is 32.2. The fourth-order valence-electron chi connectivity index (χ4n) is 3.29. The van der Waals surface area contributed by atoms with Gasteiger partial charge in [-0.3, -0.25) is 9.36 Å². The molecule has 1 aromatic heterocycles. The summed E-state index contributed by atoms with van der Waals surface area (Å²) in [4.78, 5) is 17.8. The molecule has 0 spiro atoms. The zero-order chi connectivity index (χ0) is 18.6. The van der Waals surface area contributed by atoms with Gasteiger partial charge in [-0.2, -0.15) is 5.26 Å². The molecule has 6 heteroatoms. The predicted octanol–water partition coefficient (Wildman–Crippen LogP) is 3.74. The van der Waals surface area contributed by atoms with Gasteiger partial charge in [-0.25, -0.2) is 4.98 Å². The SMILES string of the molecule is N#Cc1cccc(CSc2nc3ccccc3c(=O)n2C[C@H]2CCCO2)c1. The van der Waals surface area contributed by atoms with Crippen LogP contribution in [0.5, 0.6) is 0 Å². The molecule has 1 aliphatic heterocycles. The van der Waals surface area contributed by atoms with Crippen LogP contribution in [0.25, 0.3) is 10.9 Å². The number of hydrogen-bond acceptors (Lipinski definition) is 5. The lowest BCUT2D eigenvalue weighted by Crippen LogP contribution is -2.28. The number of benzene rings is 2. The maximum atomic E-state index is 13.1. The van der Waals surface area contributed by atoms with E-state index in [0.717, 1.165) is 25.0 Å². The van der Waals surface area contributed by atoms with Crippen LogP contribution in [0.3, 0.4) is 0 Å². The van der Waals surface area contributed by atoms with Crippen LogP contribution in [0.4, 0.5) is 0 Å². The Morgan fingerprint density at radius 3 is 2.96 bits per heavy atom. The fraction of sp³-hybridized carbons (Fsp3) is 0.286. The van der Waals surface area contributed by atoms with E-state index in [1.165, 1.54) is 11.8 Å². The molecule has 2 aromatic carbocycles. The second-order valence-electron chi connectivity index (χ2n) is 6.56. The van der Waals surface area contributed by atoms with Gasteiger partial charge in [0, 0.05) is 12.4 Å². The van der Waals surface area contributed by atoms with Gasteiger partial charge in [0.05, 0.1) is 35.2 Å². The molecule has 1 atom stereocenters. The van der Waals surface area contributed by atoms with Crippen LogP contribution in [-0.2, 0) is 17.0 Å². The molecule has 0 bridgehead atoms. The van der Waals surface area contributed by atoms with Crippen molar-refractivity contribution in [2.45, 2.75) is 36.4 Å². The molecule has 3 aromatic rings. The predicted molar refractivity (Wildman–Crippen MR) is 106 cm³/mol. The van der Waals surface area contributed by atoms with Crippen molar-refractivity contribution in [1.29, 1.82) is 5.26 Å². The number of aromatic nitrogens is 2. The topological polar surface area (TPSA) is 67.9 Å². The lowest BCUT2D eigenvalue weighted by molar-refractivity contribution is 0.0937. The first-order valence-electron chi connectivity index (χ1n) is 8.97. The van der Waals surface area contributed by atoms with E-state index in [4.69, 9.17) is 15.0 Å². The molecule has 1 saturated heterocycles. The number of nitrogens with zero attached hydrogens (tertiary/aromatic N) is 3. The summed E-state index contributed by atoms with van der Waals surface area (Å²) < 4.78 is 7.49. The third kappa shape index (κ3) is 3.90. The molecule has 5 nitrogen and oxygen atoms in total. The van der Waals surface area contributed by atoms with Gasteiger partial charge in [0.25, 0.3) is 5.56 Å². The fourth-order valence-corrected chi connectivity index (χ4v) is 4.24. The van der Waals surface area contributed by atoms with Gasteiger partial charge < -0.3 is 4.74 Å². The normalized spacial score (nSPS) is 16.5. The Morgan fingerprint density at radius 2 is 2.15 bits per heavy atom. The van der Waals surface area contributed by atoms with E-state index in [-0.39, 0.29) is 11.7 Å². The minimum absolute atomic E-state index is 0.0237. The minimum Gasteiger partial charge on any atom is -0.376 e. The molecule has 27 heavy (non-hydrogen) atoms. The summed E-state index contributed by atoms with van der Waals surface area (Å²) in [6.07, 6.45) is 2.06. The van der Waals surface area contributed by atoms with Crippen molar-refractivity contribution in [3.05, 3.63) is 70.0 Å². The van der Waals surface area contributed by atoms with Crippen molar-refractivity contribution in [1.82, 2.24) is 9.55 Å². The molecule has 4 rings (SSSR count). The van der Waals surface area contributed by atoms with E-state index in [9.17, 15) is 4.79 Å². The maximum absolute atomic E-state index is 13.1. The summed E-state index contributed by atoms with van der Waals surface area (Å²) in [5.41, 5.74) is 2.35. The second-order valence-corrected chi connectivity index (χ2v) is 7.51. The number of fused-ring (bicyclic) bond motifs is 1. The molecule has 0 saturated carbocycles. The number of para-hydroxylation sites is 1. The number of hydrogen-bond donors (Lipinski definition) is 0. The Balaban J connectivity index is 1.68. The summed E-state index contributed by atoms with van der Waals surface area (Å²) in [5.74, 6) is 0.645. The first-order chi connectivity index (χ1) is 13.2. The van der Waals surface area contributed by atoms with E-state index in [1.807, 2.05) is 42.5 Å². The Bertz CT molecular complexity index is 1060. The van der Waals surface area contributed by atoms with Crippen LogP contribution in [-0.4, -0.2) is 22.3 Å². The summed E-state index contributed by atoms with van der Waals surface area (Å²) >= 11 is 1.52. The summed E-state index contributed by atoms with van der Waals surface area (Å²) in [5, 5.41) is 10.4. The van der Waals surface area contributed by atoms with E-state index >= 15 is 0 Å². The van der Waals surface area contributed by atoms with Crippen molar-refractivity contribution in [2.75, 3.05) is 6.61 Å². The van der Waals surface area contributed by atoms with Crippen LogP contribution < -0.4 is 5.56 Å². The molecular weight excluding hydrogens is 358 g/mol. The molecule has 0 amide bonds. The first kappa shape index (κ1) is 17.8. The van der Waals surface area contributed by atoms with Crippen molar-refractivity contribution in [3.8, 4) is 6.07 Å². The second kappa shape index (κ2) is 7.95. The van der Waals surface area contributed by atoms with Gasteiger partial charge >= 0.3 is 0 Å². The molecule has 0 radical (unpaired) electrons. The first-order valence-corrected chi connectivity index (χ1v) is 9.96. The zero-order valence-electron chi connectivity index (χ0n) is 14.8. The average molecular weight is 377 g/mol. The smallest absolute Gasteiger partial charge is 0.262 e. The van der Waals surface area contributed by atoms with Gasteiger partial charge in [-0.05, 0) is 42.7 Å². The van der Waals surface area contributed by atoms with E-state index in [0.29, 0.717) is 33.9 Å². The van der Waals surface area contributed by atoms with E-state index in [1.54, 1.807) is 10.6 Å². The highest BCUT2D eigenvalue weighted by Crippen LogP contribution is 2.24. The Labute approximate surface area is 161 Å². The summed E-state index contributed by atoms with van der Waals surface area (Å²) in [7, 11) is 0. The summed E-state index contributed by atoms with van der Waals surface area (Å²) in [6.45, 7) is 1.28. The maximum Gasteiger partial charge on any atom is 0.262 e. The Morgan fingerprint density at radius 1 is 1.26 bits per heavy atom. The van der Waals surface area contributed by atoms with Gasteiger partial charge in [0.15, 0.2) is 5.16 Å². The van der Waals surface area contributed by atoms with Crippen molar-refractivity contribution in [3.63, 3.8) is 0 Å². The molecule has 0 N–H and O–H groups in total. The lowest BCUT2D eigenvalue weighted by atomic mass is 10.2. The van der Waals surface area contributed by atoms with Crippen LogP contribution in [0.1, 0.15) is 24.0 Å². The molecule has 1 fully saturated rings. The average Bonchev–Trinajstić information content (AvgIpc) is 3.22. The third-order valence-corrected chi connectivity index (χ3v) is 5.71. The van der Waals surface area contributed by atoms with Gasteiger partial charge in [-0.1, -0.05) is 36.0 Å². The van der Waals surface area contributed by atoms with Crippen LogP contribution in [0.15, 0.2) is 58.5 Å². The Kier molecular flexibility index (Phi) is 5.23. The largest absolute Gasteiger partial charge is 0.376 e. The van der Waals surface area contributed by atoms with Crippen molar-refractivity contribution < 1.29 is 4.74 Å². The monoisotopic (exact) mass is 377 g/mol. The van der Waals surface area contributed by atoms with E-state index in [2.05, 4.69) is 6.07 Å². The van der Waals surface area contributed by atoms with Crippen LogP contribution in [0.2, 0.25) is 0 Å². The van der Waals surface area contributed by atoms with Crippen molar-refractivity contribution >= 4 is 22.7 Å². The third-order valence-electron chi connectivity index (χ3n) is 4.66. The van der Waals surface area contributed by atoms with Gasteiger partial charge in [-0.15, -0.1) is 0 Å². The molecule has 1 aliphatic rings. The zero-order valence-corrected chi connectivity index (χ0v) is 15.6. The molecule has 136 valence electrons. The molecule has 0 aliphatic carbocycles. The van der Waals surface area contributed by atoms with E-state index < -0.39 is 0 Å². The number of nitriles is 1. The number of thioether (sulfide) groups is 1. The highest BCUT2D eigenvalue weighted by molar-refractivity contribution is 7.98. The highest BCUT2D eigenvalue weighted by Gasteiger charge is 2.20. The Hall–Kier alpha value is -2.62. The molecular formula is C21H19N3O2S. The van der Waals surface area contributed by atoms with Crippen molar-refractivity contribution in [2.24, 2.45) is 0 Å². The van der Waals surface area contributed by atoms with Gasteiger partial charge in [0.1, 0.15) is 0 Å².